The number of carbonyl (C=O) groups excluding carboxylic acids is 1. The molecule has 0 aliphatic rings. The van der Waals surface area contributed by atoms with E-state index in [4.69, 9.17) is 0 Å². The van der Waals surface area contributed by atoms with E-state index in [-0.39, 0.29) is 10.8 Å². The van der Waals surface area contributed by atoms with Crippen LogP contribution in [0.2, 0.25) is 0 Å². The number of hydrogen-bond donors (Lipinski definition) is 0. The van der Waals surface area contributed by atoms with Crippen LogP contribution in [0, 0.1) is 0 Å². The van der Waals surface area contributed by atoms with Gasteiger partial charge in [-0.15, -0.1) is 0 Å². The van der Waals surface area contributed by atoms with Gasteiger partial charge in [-0.1, -0.05) is 19.4 Å². The van der Waals surface area contributed by atoms with Crippen LogP contribution in [0.25, 0.3) is 0 Å². The van der Waals surface area contributed by atoms with Gasteiger partial charge in [0, 0.05) is 24.9 Å². The smallest absolute Gasteiger partial charge is 0.253 e. The molecule has 0 saturated carbocycles. The number of benzene rings is 1. The molecule has 1 aromatic rings. The van der Waals surface area contributed by atoms with Crippen LogP contribution in [-0.2, 0) is 9.84 Å². The van der Waals surface area contributed by atoms with Crippen LogP contribution in [-0.4, -0.2) is 38.6 Å². The van der Waals surface area contributed by atoms with Crippen LogP contribution in [0.4, 0.5) is 0 Å². The molecule has 1 amide bonds. The summed E-state index contributed by atoms with van der Waals surface area (Å²) in [6.45, 7) is 5.33. The molecule has 1 aromatic carbocycles. The lowest BCUT2D eigenvalue weighted by Crippen LogP contribution is -2.31. The predicted molar refractivity (Wildman–Crippen MR) is 76.0 cm³/mol. The van der Waals surface area contributed by atoms with Gasteiger partial charge < -0.3 is 4.90 Å². The van der Waals surface area contributed by atoms with Crippen LogP contribution in [0.5, 0.6) is 0 Å². The molecular weight excluding hydrogens is 262 g/mol. The van der Waals surface area contributed by atoms with Gasteiger partial charge in [-0.25, -0.2) is 8.42 Å². The lowest BCUT2D eigenvalue weighted by atomic mass is 10.2. The van der Waals surface area contributed by atoms with Gasteiger partial charge >= 0.3 is 0 Å². The molecule has 5 heteroatoms. The van der Waals surface area contributed by atoms with Crippen molar-refractivity contribution < 1.29 is 13.2 Å². The molecule has 0 fully saturated rings. The van der Waals surface area contributed by atoms with Crippen molar-refractivity contribution in [3.05, 3.63) is 29.8 Å². The van der Waals surface area contributed by atoms with Gasteiger partial charge in [-0.05, 0) is 31.5 Å². The predicted octanol–water partition coefficient (Wildman–Crippen LogP) is 2.35. The minimum absolute atomic E-state index is 0.110. The topological polar surface area (TPSA) is 54.5 Å². The van der Waals surface area contributed by atoms with Crippen LogP contribution in [0.15, 0.2) is 29.2 Å². The molecule has 19 heavy (non-hydrogen) atoms. The molecule has 4 nitrogen and oxygen atoms in total. The van der Waals surface area contributed by atoms with E-state index in [1.165, 1.54) is 12.1 Å². The van der Waals surface area contributed by atoms with Gasteiger partial charge in [-0.2, -0.15) is 0 Å². The number of rotatable bonds is 6. The summed E-state index contributed by atoms with van der Waals surface area (Å²) in [5.41, 5.74) is 0.431. The van der Waals surface area contributed by atoms with Crippen molar-refractivity contribution in [2.24, 2.45) is 0 Å². The molecule has 0 aromatic heterocycles. The molecular formula is C14H21NO3S. The second-order valence-corrected chi connectivity index (χ2v) is 6.55. The maximum atomic E-state index is 12.3. The SMILES string of the molecule is CCCCN(CC)C(=O)c1cccc(S(C)(=O)=O)c1. The molecule has 0 aliphatic carbocycles. The fourth-order valence-corrected chi connectivity index (χ4v) is 2.46. The Morgan fingerprint density at radius 2 is 1.95 bits per heavy atom. The van der Waals surface area contributed by atoms with E-state index < -0.39 is 9.84 Å². The Morgan fingerprint density at radius 3 is 2.47 bits per heavy atom. The first-order valence-corrected chi connectivity index (χ1v) is 8.38. The van der Waals surface area contributed by atoms with E-state index in [1.807, 2.05) is 6.92 Å². The second kappa shape index (κ2) is 6.70. The van der Waals surface area contributed by atoms with E-state index in [1.54, 1.807) is 17.0 Å². The Balaban J connectivity index is 2.99. The van der Waals surface area contributed by atoms with E-state index in [0.29, 0.717) is 18.7 Å². The first-order chi connectivity index (χ1) is 8.90. The largest absolute Gasteiger partial charge is 0.339 e. The highest BCUT2D eigenvalue weighted by Gasteiger charge is 2.16. The maximum absolute atomic E-state index is 12.3. The average Bonchev–Trinajstić information content (AvgIpc) is 2.38. The summed E-state index contributed by atoms with van der Waals surface area (Å²) in [7, 11) is -3.28. The van der Waals surface area contributed by atoms with Crippen molar-refractivity contribution in [3.63, 3.8) is 0 Å². The highest BCUT2D eigenvalue weighted by Crippen LogP contribution is 2.13. The minimum atomic E-state index is -3.28. The molecule has 0 atom stereocenters. The Labute approximate surface area is 115 Å². The molecule has 0 bridgehead atoms. The number of nitrogens with zero attached hydrogens (tertiary/aromatic N) is 1. The Morgan fingerprint density at radius 1 is 1.26 bits per heavy atom. The van der Waals surface area contributed by atoms with E-state index in [9.17, 15) is 13.2 Å². The number of sulfone groups is 1. The zero-order valence-electron chi connectivity index (χ0n) is 11.7. The van der Waals surface area contributed by atoms with Gasteiger partial charge in [0.15, 0.2) is 9.84 Å². The lowest BCUT2D eigenvalue weighted by molar-refractivity contribution is 0.0762. The minimum Gasteiger partial charge on any atom is -0.339 e. The molecule has 0 aliphatic heterocycles. The van der Waals surface area contributed by atoms with Crippen molar-refractivity contribution in [1.29, 1.82) is 0 Å². The van der Waals surface area contributed by atoms with Crippen molar-refractivity contribution >= 4 is 15.7 Å². The lowest BCUT2D eigenvalue weighted by Gasteiger charge is -2.20. The number of carbonyl (C=O) groups is 1. The summed E-state index contributed by atoms with van der Waals surface area (Å²) in [5, 5.41) is 0. The van der Waals surface area contributed by atoms with Crippen molar-refractivity contribution in [3.8, 4) is 0 Å². The maximum Gasteiger partial charge on any atom is 0.253 e. The van der Waals surface area contributed by atoms with Crippen LogP contribution >= 0.6 is 0 Å². The zero-order chi connectivity index (χ0) is 14.5. The fourth-order valence-electron chi connectivity index (χ4n) is 1.79. The first-order valence-electron chi connectivity index (χ1n) is 6.49. The Bertz CT molecular complexity index is 537. The van der Waals surface area contributed by atoms with E-state index in [0.717, 1.165) is 19.1 Å². The summed E-state index contributed by atoms with van der Waals surface area (Å²) in [4.78, 5) is 14.2. The van der Waals surface area contributed by atoms with Crippen LogP contribution in [0.3, 0.4) is 0 Å². The number of unbranched alkanes of at least 4 members (excludes halogenated alkanes) is 1. The van der Waals surface area contributed by atoms with Crippen molar-refractivity contribution in [2.75, 3.05) is 19.3 Å². The van der Waals surface area contributed by atoms with Gasteiger partial charge in [-0.3, -0.25) is 4.79 Å². The third-order valence-corrected chi connectivity index (χ3v) is 4.07. The third-order valence-electron chi connectivity index (χ3n) is 2.96. The Hall–Kier alpha value is -1.36. The first kappa shape index (κ1) is 15.7. The van der Waals surface area contributed by atoms with Gasteiger partial charge in [0.25, 0.3) is 5.91 Å². The molecule has 0 N–H and O–H groups in total. The normalized spacial score (nSPS) is 11.3. The molecule has 0 unspecified atom stereocenters. The summed E-state index contributed by atoms with van der Waals surface area (Å²) in [6.07, 6.45) is 3.11. The zero-order valence-corrected chi connectivity index (χ0v) is 12.5. The molecule has 0 heterocycles. The molecule has 106 valence electrons. The van der Waals surface area contributed by atoms with Gasteiger partial charge in [0.2, 0.25) is 0 Å². The highest BCUT2D eigenvalue weighted by molar-refractivity contribution is 7.90. The van der Waals surface area contributed by atoms with Gasteiger partial charge in [0.05, 0.1) is 4.90 Å². The van der Waals surface area contributed by atoms with Crippen LogP contribution < -0.4 is 0 Å². The quantitative estimate of drug-likeness (QED) is 0.805. The highest BCUT2D eigenvalue weighted by atomic mass is 32.2. The molecule has 0 radical (unpaired) electrons. The fraction of sp³-hybridized carbons (Fsp3) is 0.500. The van der Waals surface area contributed by atoms with Crippen molar-refractivity contribution in [2.45, 2.75) is 31.6 Å². The standard InChI is InChI=1S/C14H21NO3S/c1-4-6-10-15(5-2)14(16)12-8-7-9-13(11-12)19(3,17)18/h7-9,11H,4-6,10H2,1-3H3. The van der Waals surface area contributed by atoms with E-state index >= 15 is 0 Å². The average molecular weight is 283 g/mol. The third kappa shape index (κ3) is 4.35. The summed E-state index contributed by atoms with van der Waals surface area (Å²) >= 11 is 0. The van der Waals surface area contributed by atoms with Crippen LogP contribution in [0.1, 0.15) is 37.0 Å². The molecule has 0 saturated heterocycles. The van der Waals surface area contributed by atoms with E-state index in [2.05, 4.69) is 6.92 Å². The molecule has 1 rings (SSSR count). The summed E-state index contributed by atoms with van der Waals surface area (Å²) < 4.78 is 23.0. The Kier molecular flexibility index (Phi) is 5.54. The molecule has 0 spiro atoms. The second-order valence-electron chi connectivity index (χ2n) is 4.54. The number of hydrogen-bond acceptors (Lipinski definition) is 3. The summed E-state index contributed by atoms with van der Waals surface area (Å²) in [5.74, 6) is -0.110. The summed E-state index contributed by atoms with van der Waals surface area (Å²) in [6, 6.07) is 6.23. The van der Waals surface area contributed by atoms with Crippen molar-refractivity contribution in [1.82, 2.24) is 4.90 Å². The monoisotopic (exact) mass is 283 g/mol. The van der Waals surface area contributed by atoms with Gasteiger partial charge in [0.1, 0.15) is 0 Å². The number of amides is 1.